The molecule has 3 N–H and O–H groups in total. The molecule has 2 atom stereocenters. The van der Waals surface area contributed by atoms with Crippen molar-refractivity contribution in [2.45, 2.75) is 18.9 Å². The Morgan fingerprint density at radius 3 is 2.67 bits per heavy atom. The number of nitrogens with zero attached hydrogens (tertiary/aromatic N) is 1. The summed E-state index contributed by atoms with van der Waals surface area (Å²) in [6.07, 6.45) is 4.88. The number of likely N-dealkylation sites (N-methyl/N-ethyl adjacent to an activating group) is 1. The number of carbonyl (C=O) groups excluding carboxylic acids is 1. The van der Waals surface area contributed by atoms with E-state index in [1.807, 2.05) is 18.2 Å². The van der Waals surface area contributed by atoms with Gasteiger partial charge in [-0.05, 0) is 24.5 Å². The Morgan fingerprint density at radius 2 is 2.05 bits per heavy atom. The highest BCUT2D eigenvalue weighted by molar-refractivity contribution is 5.89. The van der Waals surface area contributed by atoms with E-state index in [2.05, 4.69) is 0 Å². The molecule has 1 aromatic rings. The van der Waals surface area contributed by atoms with Gasteiger partial charge in [0.1, 0.15) is 0 Å². The van der Waals surface area contributed by atoms with Crippen molar-refractivity contribution < 1.29 is 14.7 Å². The first-order chi connectivity index (χ1) is 9.99. The maximum atomic E-state index is 12.2. The summed E-state index contributed by atoms with van der Waals surface area (Å²) >= 11 is 0. The Hall–Kier alpha value is -2.14. The molecule has 0 bridgehead atoms. The molecule has 5 nitrogen and oxygen atoms in total. The fourth-order valence-electron chi connectivity index (χ4n) is 2.54. The SMILES string of the molecule is CN(CCc1ccccc1C(=O)O)C(=O)C1C=CC(N)C1. The maximum absolute atomic E-state index is 12.2. The number of amides is 1. The summed E-state index contributed by atoms with van der Waals surface area (Å²) in [6, 6.07) is 6.83. The van der Waals surface area contributed by atoms with Crippen LogP contribution < -0.4 is 5.73 Å². The molecule has 0 aliphatic heterocycles. The lowest BCUT2D eigenvalue weighted by molar-refractivity contribution is -0.132. The second kappa shape index (κ2) is 6.54. The number of carboxylic acid groups (broad SMARTS) is 1. The van der Waals surface area contributed by atoms with Crippen LogP contribution in [0.3, 0.4) is 0 Å². The van der Waals surface area contributed by atoms with Crippen LogP contribution in [0.15, 0.2) is 36.4 Å². The first-order valence-corrected chi connectivity index (χ1v) is 6.99. The van der Waals surface area contributed by atoms with Crippen molar-refractivity contribution in [1.82, 2.24) is 4.90 Å². The molecule has 1 amide bonds. The minimum absolute atomic E-state index is 0.0343. The highest BCUT2D eigenvalue weighted by Crippen LogP contribution is 2.19. The molecule has 112 valence electrons. The molecule has 0 saturated carbocycles. The Bertz CT molecular complexity index is 568. The number of nitrogens with two attached hydrogens (primary N) is 1. The van der Waals surface area contributed by atoms with Gasteiger partial charge >= 0.3 is 5.97 Å². The van der Waals surface area contributed by atoms with Crippen LogP contribution in [0.2, 0.25) is 0 Å². The molecule has 2 unspecified atom stereocenters. The average molecular weight is 288 g/mol. The minimum atomic E-state index is -0.940. The van der Waals surface area contributed by atoms with Crippen molar-refractivity contribution in [3.05, 3.63) is 47.5 Å². The van der Waals surface area contributed by atoms with Gasteiger partial charge in [-0.15, -0.1) is 0 Å². The zero-order valence-electron chi connectivity index (χ0n) is 12.0. The number of hydrogen-bond donors (Lipinski definition) is 2. The summed E-state index contributed by atoms with van der Waals surface area (Å²) in [5.41, 5.74) is 6.79. The lowest BCUT2D eigenvalue weighted by atomic mass is 10.0. The predicted molar refractivity (Wildman–Crippen MR) is 80.0 cm³/mol. The first kappa shape index (κ1) is 15.3. The summed E-state index contributed by atoms with van der Waals surface area (Å²) in [5.74, 6) is -1.06. The second-order valence-electron chi connectivity index (χ2n) is 5.36. The number of aromatic carboxylic acids is 1. The molecule has 0 aromatic heterocycles. The third-order valence-electron chi connectivity index (χ3n) is 3.77. The Kier molecular flexibility index (Phi) is 4.75. The van der Waals surface area contributed by atoms with Crippen LogP contribution >= 0.6 is 0 Å². The van der Waals surface area contributed by atoms with Crippen molar-refractivity contribution in [3.63, 3.8) is 0 Å². The first-order valence-electron chi connectivity index (χ1n) is 6.99. The molecule has 0 spiro atoms. The molecule has 0 radical (unpaired) electrons. The van der Waals surface area contributed by atoms with Crippen LogP contribution in [-0.2, 0) is 11.2 Å². The minimum Gasteiger partial charge on any atom is -0.478 e. The smallest absolute Gasteiger partial charge is 0.335 e. The summed E-state index contributed by atoms with van der Waals surface area (Å²) in [5, 5.41) is 9.14. The summed E-state index contributed by atoms with van der Waals surface area (Å²) in [7, 11) is 1.74. The normalized spacial score (nSPS) is 20.5. The molecule has 0 fully saturated rings. The topological polar surface area (TPSA) is 83.6 Å². The van der Waals surface area contributed by atoms with Crippen LogP contribution in [0, 0.1) is 5.92 Å². The third-order valence-corrected chi connectivity index (χ3v) is 3.77. The predicted octanol–water partition coefficient (Wildman–Crippen LogP) is 1.29. The van der Waals surface area contributed by atoms with Gasteiger partial charge in [-0.3, -0.25) is 4.79 Å². The van der Waals surface area contributed by atoms with E-state index in [-0.39, 0.29) is 17.9 Å². The molecule has 0 saturated heterocycles. The Labute approximate surface area is 124 Å². The summed E-state index contributed by atoms with van der Waals surface area (Å²) < 4.78 is 0. The van der Waals surface area contributed by atoms with Gasteiger partial charge in [-0.25, -0.2) is 4.79 Å². The fourth-order valence-corrected chi connectivity index (χ4v) is 2.54. The van der Waals surface area contributed by atoms with Gasteiger partial charge < -0.3 is 15.7 Å². The third kappa shape index (κ3) is 3.70. The molecular weight excluding hydrogens is 268 g/mol. The van der Waals surface area contributed by atoms with Crippen molar-refractivity contribution >= 4 is 11.9 Å². The average Bonchev–Trinajstić information content (AvgIpc) is 2.90. The molecule has 1 aliphatic rings. The van der Waals surface area contributed by atoms with Crippen LogP contribution in [0.4, 0.5) is 0 Å². The van der Waals surface area contributed by atoms with Crippen molar-refractivity contribution in [2.24, 2.45) is 11.7 Å². The van der Waals surface area contributed by atoms with Crippen LogP contribution in [-0.4, -0.2) is 41.5 Å². The quantitative estimate of drug-likeness (QED) is 0.800. The van der Waals surface area contributed by atoms with Crippen molar-refractivity contribution in [1.29, 1.82) is 0 Å². The maximum Gasteiger partial charge on any atom is 0.335 e. The van der Waals surface area contributed by atoms with E-state index in [1.54, 1.807) is 30.1 Å². The number of hydrogen-bond acceptors (Lipinski definition) is 3. The summed E-state index contributed by atoms with van der Waals surface area (Å²) in [6.45, 7) is 0.489. The van der Waals surface area contributed by atoms with E-state index >= 15 is 0 Å². The van der Waals surface area contributed by atoms with Crippen molar-refractivity contribution in [3.8, 4) is 0 Å². The van der Waals surface area contributed by atoms with E-state index in [0.717, 1.165) is 5.56 Å². The monoisotopic (exact) mass is 288 g/mol. The molecule has 1 aliphatic carbocycles. The van der Waals surface area contributed by atoms with Gasteiger partial charge in [-0.1, -0.05) is 30.4 Å². The van der Waals surface area contributed by atoms with E-state index in [4.69, 9.17) is 10.8 Å². The number of rotatable bonds is 5. The van der Waals surface area contributed by atoms with Crippen LogP contribution in [0.5, 0.6) is 0 Å². The van der Waals surface area contributed by atoms with E-state index < -0.39 is 5.97 Å². The van der Waals surface area contributed by atoms with Gasteiger partial charge in [0, 0.05) is 19.6 Å². The largest absolute Gasteiger partial charge is 0.478 e. The van der Waals surface area contributed by atoms with Gasteiger partial charge in [0.2, 0.25) is 5.91 Å². The highest BCUT2D eigenvalue weighted by Gasteiger charge is 2.25. The molecule has 21 heavy (non-hydrogen) atoms. The van der Waals surface area contributed by atoms with E-state index in [1.165, 1.54) is 0 Å². The lowest BCUT2D eigenvalue weighted by Crippen LogP contribution is -2.34. The summed E-state index contributed by atoms with van der Waals surface area (Å²) in [4.78, 5) is 25.0. The van der Waals surface area contributed by atoms with E-state index in [9.17, 15) is 9.59 Å². The lowest BCUT2D eigenvalue weighted by Gasteiger charge is -2.21. The Morgan fingerprint density at radius 1 is 1.33 bits per heavy atom. The van der Waals surface area contributed by atoms with Gasteiger partial charge in [-0.2, -0.15) is 0 Å². The standard InChI is InChI=1S/C16H20N2O3/c1-18(15(19)12-6-7-13(17)10-12)9-8-11-4-2-3-5-14(11)16(20)21/h2-7,12-13H,8-10,17H2,1H3,(H,20,21). The van der Waals surface area contributed by atoms with Crippen LogP contribution in [0.25, 0.3) is 0 Å². The Balaban J connectivity index is 1.95. The van der Waals surface area contributed by atoms with Crippen molar-refractivity contribution in [2.75, 3.05) is 13.6 Å². The van der Waals surface area contributed by atoms with E-state index in [0.29, 0.717) is 24.9 Å². The fraction of sp³-hybridized carbons (Fsp3) is 0.375. The van der Waals surface area contributed by atoms with Gasteiger partial charge in [0.15, 0.2) is 0 Å². The zero-order valence-corrected chi connectivity index (χ0v) is 12.0. The van der Waals surface area contributed by atoms with Gasteiger partial charge in [0.05, 0.1) is 11.5 Å². The number of benzene rings is 1. The van der Waals surface area contributed by atoms with Crippen LogP contribution in [0.1, 0.15) is 22.3 Å². The molecule has 5 heteroatoms. The zero-order chi connectivity index (χ0) is 15.4. The number of carboxylic acids is 1. The molecular formula is C16H20N2O3. The highest BCUT2D eigenvalue weighted by atomic mass is 16.4. The molecule has 2 rings (SSSR count). The molecule has 1 aromatic carbocycles. The molecule has 0 heterocycles. The number of carbonyl (C=O) groups is 2. The van der Waals surface area contributed by atoms with Gasteiger partial charge in [0.25, 0.3) is 0 Å². The second-order valence-corrected chi connectivity index (χ2v) is 5.36.